The van der Waals surface area contributed by atoms with Gasteiger partial charge in [0.2, 0.25) is 5.95 Å². The Hall–Kier alpha value is -3.42. The van der Waals surface area contributed by atoms with Gasteiger partial charge in [0, 0.05) is 28.7 Å². The molecular formula is C20H17F3N4O. The molecule has 3 aromatic rings. The molecule has 2 N–H and O–H groups in total. The van der Waals surface area contributed by atoms with Gasteiger partial charge < -0.3 is 10.6 Å². The summed E-state index contributed by atoms with van der Waals surface area (Å²) < 4.78 is 38.0. The Morgan fingerprint density at radius 3 is 2.04 bits per heavy atom. The smallest absolute Gasteiger partial charge is 0.340 e. The van der Waals surface area contributed by atoms with E-state index in [1.54, 1.807) is 37.3 Å². The van der Waals surface area contributed by atoms with Crippen molar-refractivity contribution in [3.05, 3.63) is 71.4 Å². The van der Waals surface area contributed by atoms with E-state index in [0.29, 0.717) is 22.8 Å². The molecule has 0 saturated carbocycles. The van der Waals surface area contributed by atoms with Gasteiger partial charge in [-0.3, -0.25) is 4.79 Å². The molecule has 2 aromatic carbocycles. The lowest BCUT2D eigenvalue weighted by Crippen LogP contribution is -2.05. The van der Waals surface area contributed by atoms with Crippen molar-refractivity contribution >= 4 is 28.9 Å². The first kappa shape index (κ1) is 19.3. The lowest BCUT2D eigenvalue weighted by Gasteiger charge is -2.11. The Balaban J connectivity index is 1.76. The minimum atomic E-state index is -4.38. The molecule has 0 bridgehead atoms. The molecule has 0 atom stereocenters. The number of hydrogen-bond donors (Lipinski definition) is 2. The van der Waals surface area contributed by atoms with Gasteiger partial charge in [-0.1, -0.05) is 0 Å². The Bertz CT molecular complexity index is 984. The van der Waals surface area contributed by atoms with E-state index in [-0.39, 0.29) is 11.7 Å². The van der Waals surface area contributed by atoms with Crippen molar-refractivity contribution in [1.82, 2.24) is 9.97 Å². The highest BCUT2D eigenvalue weighted by atomic mass is 19.4. The van der Waals surface area contributed by atoms with Crippen molar-refractivity contribution in [2.24, 2.45) is 0 Å². The van der Waals surface area contributed by atoms with Crippen LogP contribution < -0.4 is 10.6 Å². The summed E-state index contributed by atoms with van der Waals surface area (Å²) >= 11 is 0. The van der Waals surface area contributed by atoms with Crippen LogP contribution in [-0.4, -0.2) is 15.8 Å². The van der Waals surface area contributed by atoms with E-state index >= 15 is 0 Å². The fraction of sp³-hybridized carbons (Fsp3) is 0.150. The van der Waals surface area contributed by atoms with Crippen molar-refractivity contribution in [3.8, 4) is 0 Å². The zero-order valence-electron chi connectivity index (χ0n) is 15.1. The van der Waals surface area contributed by atoms with Gasteiger partial charge in [0.25, 0.3) is 0 Å². The molecular weight excluding hydrogens is 369 g/mol. The molecule has 28 heavy (non-hydrogen) atoms. The Morgan fingerprint density at radius 2 is 1.46 bits per heavy atom. The maximum atomic E-state index is 12.7. The Labute approximate surface area is 159 Å². The summed E-state index contributed by atoms with van der Waals surface area (Å²) in [4.78, 5) is 19.9. The van der Waals surface area contributed by atoms with Gasteiger partial charge in [-0.2, -0.15) is 18.2 Å². The van der Waals surface area contributed by atoms with Gasteiger partial charge in [0.1, 0.15) is 5.82 Å². The number of halogens is 3. The van der Waals surface area contributed by atoms with E-state index in [1.807, 2.05) is 0 Å². The summed E-state index contributed by atoms with van der Waals surface area (Å²) in [6.45, 7) is 3.28. The van der Waals surface area contributed by atoms with Gasteiger partial charge in [0.15, 0.2) is 5.78 Å². The standard InChI is InChI=1S/C20H17F3N4O/c1-12-11-18(25-16-7-3-14(4-8-16)13(2)28)27-19(24-12)26-17-9-5-15(6-10-17)20(21,22)23/h3-11H,1-2H3,(H2,24,25,26,27). The maximum absolute atomic E-state index is 12.7. The summed E-state index contributed by atoms with van der Waals surface area (Å²) in [5.41, 5.74) is 1.74. The van der Waals surface area contributed by atoms with Crippen LogP contribution in [0.3, 0.4) is 0 Å². The van der Waals surface area contributed by atoms with Crippen molar-refractivity contribution in [1.29, 1.82) is 0 Å². The predicted octanol–water partition coefficient (Wildman–Crippen LogP) is 5.49. The molecule has 8 heteroatoms. The molecule has 144 valence electrons. The van der Waals surface area contributed by atoms with Gasteiger partial charge in [-0.15, -0.1) is 0 Å². The van der Waals surface area contributed by atoms with Gasteiger partial charge in [-0.05, 0) is 62.4 Å². The zero-order valence-corrected chi connectivity index (χ0v) is 15.1. The zero-order chi connectivity index (χ0) is 20.3. The number of hydrogen-bond acceptors (Lipinski definition) is 5. The van der Waals surface area contributed by atoms with E-state index in [1.165, 1.54) is 19.1 Å². The third-order valence-corrected chi connectivity index (χ3v) is 3.89. The van der Waals surface area contributed by atoms with Crippen molar-refractivity contribution in [2.75, 3.05) is 10.6 Å². The quantitative estimate of drug-likeness (QED) is 0.567. The number of carbonyl (C=O) groups is 1. The third kappa shape index (κ3) is 4.85. The maximum Gasteiger partial charge on any atom is 0.416 e. The molecule has 0 unspecified atom stereocenters. The molecule has 0 aliphatic heterocycles. The number of aryl methyl sites for hydroxylation is 1. The number of benzene rings is 2. The molecule has 0 saturated heterocycles. The summed E-state index contributed by atoms with van der Waals surface area (Å²) in [6, 6.07) is 13.3. The highest BCUT2D eigenvalue weighted by Crippen LogP contribution is 2.30. The topological polar surface area (TPSA) is 66.9 Å². The molecule has 0 fully saturated rings. The third-order valence-electron chi connectivity index (χ3n) is 3.89. The van der Waals surface area contributed by atoms with Crippen molar-refractivity contribution in [3.63, 3.8) is 0 Å². The highest BCUT2D eigenvalue weighted by Gasteiger charge is 2.29. The van der Waals surface area contributed by atoms with E-state index in [2.05, 4.69) is 20.6 Å². The van der Waals surface area contributed by atoms with Crippen LogP contribution in [-0.2, 0) is 6.18 Å². The number of aromatic nitrogens is 2. The molecule has 0 radical (unpaired) electrons. The second-order valence-corrected chi connectivity index (χ2v) is 6.18. The van der Waals surface area contributed by atoms with Gasteiger partial charge in [0.05, 0.1) is 5.56 Å². The first-order chi connectivity index (χ1) is 13.2. The lowest BCUT2D eigenvalue weighted by molar-refractivity contribution is -0.137. The Kier molecular flexibility index (Phi) is 5.30. The van der Waals surface area contributed by atoms with Crippen LogP contribution in [0.2, 0.25) is 0 Å². The van der Waals surface area contributed by atoms with Crippen LogP contribution >= 0.6 is 0 Å². The summed E-state index contributed by atoms with van der Waals surface area (Å²) in [7, 11) is 0. The first-order valence-electron chi connectivity index (χ1n) is 8.39. The number of ketones is 1. The number of rotatable bonds is 5. The minimum absolute atomic E-state index is 0.0209. The van der Waals surface area contributed by atoms with Crippen LogP contribution in [0, 0.1) is 6.92 Å². The average Bonchev–Trinajstić information content (AvgIpc) is 2.61. The minimum Gasteiger partial charge on any atom is -0.340 e. The molecule has 1 aromatic heterocycles. The highest BCUT2D eigenvalue weighted by molar-refractivity contribution is 5.94. The van der Waals surface area contributed by atoms with Gasteiger partial charge >= 0.3 is 6.18 Å². The van der Waals surface area contributed by atoms with Crippen molar-refractivity contribution in [2.45, 2.75) is 20.0 Å². The summed E-state index contributed by atoms with van der Waals surface area (Å²) in [5.74, 6) is 0.743. The van der Waals surface area contributed by atoms with E-state index < -0.39 is 11.7 Å². The summed E-state index contributed by atoms with van der Waals surface area (Å²) in [6.07, 6.45) is -4.38. The second kappa shape index (κ2) is 7.67. The fourth-order valence-electron chi connectivity index (χ4n) is 2.50. The summed E-state index contributed by atoms with van der Waals surface area (Å²) in [5, 5.41) is 6.01. The monoisotopic (exact) mass is 386 g/mol. The van der Waals surface area contributed by atoms with Crippen LogP contribution in [0.4, 0.5) is 36.3 Å². The number of carbonyl (C=O) groups excluding carboxylic acids is 1. The van der Waals surface area contributed by atoms with Crippen LogP contribution in [0.15, 0.2) is 54.6 Å². The lowest BCUT2D eigenvalue weighted by atomic mass is 10.1. The molecule has 0 spiro atoms. The largest absolute Gasteiger partial charge is 0.416 e. The molecule has 5 nitrogen and oxygen atoms in total. The fourth-order valence-corrected chi connectivity index (χ4v) is 2.50. The number of alkyl halides is 3. The normalized spacial score (nSPS) is 11.2. The average molecular weight is 386 g/mol. The Morgan fingerprint density at radius 1 is 0.893 bits per heavy atom. The SMILES string of the molecule is CC(=O)c1ccc(Nc2cc(C)nc(Nc3ccc(C(F)(F)F)cc3)n2)cc1. The molecule has 3 rings (SSSR count). The number of nitrogens with one attached hydrogen (secondary N) is 2. The van der Waals surface area contributed by atoms with Gasteiger partial charge in [-0.25, -0.2) is 4.98 Å². The second-order valence-electron chi connectivity index (χ2n) is 6.18. The van der Waals surface area contributed by atoms with Crippen LogP contribution in [0.1, 0.15) is 28.5 Å². The van der Waals surface area contributed by atoms with E-state index in [4.69, 9.17) is 0 Å². The number of anilines is 4. The van der Waals surface area contributed by atoms with E-state index in [9.17, 15) is 18.0 Å². The predicted molar refractivity (Wildman–Crippen MR) is 101 cm³/mol. The van der Waals surface area contributed by atoms with Crippen LogP contribution in [0.25, 0.3) is 0 Å². The number of nitrogens with zero attached hydrogens (tertiary/aromatic N) is 2. The molecule has 1 heterocycles. The van der Waals surface area contributed by atoms with Crippen LogP contribution in [0.5, 0.6) is 0 Å². The van der Waals surface area contributed by atoms with E-state index in [0.717, 1.165) is 17.8 Å². The molecule has 0 amide bonds. The molecule has 0 aliphatic rings. The first-order valence-corrected chi connectivity index (χ1v) is 8.39. The van der Waals surface area contributed by atoms with Crippen molar-refractivity contribution < 1.29 is 18.0 Å². The molecule has 0 aliphatic carbocycles. The number of Topliss-reactive ketones (excluding diaryl/α,β-unsaturated/α-hetero) is 1.